The SMILES string of the molecule is CCOc1ccccc1-c1nc(CC(=O)Oc2ccc(C3SCCS3)cc2OC)cs1. The molecule has 0 amide bonds. The number of hydrogen-bond donors (Lipinski definition) is 0. The minimum Gasteiger partial charge on any atom is -0.493 e. The van der Waals surface area contributed by atoms with Gasteiger partial charge < -0.3 is 14.2 Å². The minimum atomic E-state index is -0.370. The first-order valence-electron chi connectivity index (χ1n) is 9.96. The highest BCUT2D eigenvalue weighted by molar-refractivity contribution is 8.19. The Morgan fingerprint density at radius 2 is 1.90 bits per heavy atom. The molecule has 0 N–H and O–H groups in total. The summed E-state index contributed by atoms with van der Waals surface area (Å²) in [6.45, 7) is 2.53. The van der Waals surface area contributed by atoms with Gasteiger partial charge in [-0.2, -0.15) is 0 Å². The van der Waals surface area contributed by atoms with Crippen molar-refractivity contribution in [1.29, 1.82) is 0 Å². The lowest BCUT2D eigenvalue weighted by Crippen LogP contribution is -2.12. The highest BCUT2D eigenvalue weighted by Crippen LogP contribution is 2.47. The number of hydrogen-bond acceptors (Lipinski definition) is 8. The second-order valence-corrected chi connectivity index (χ2v) is 10.3. The lowest BCUT2D eigenvalue weighted by Gasteiger charge is -2.13. The van der Waals surface area contributed by atoms with Crippen LogP contribution in [0.25, 0.3) is 10.6 Å². The quantitative estimate of drug-likeness (QED) is 0.301. The molecule has 0 bridgehead atoms. The highest BCUT2D eigenvalue weighted by atomic mass is 32.2. The first-order valence-corrected chi connectivity index (χ1v) is 12.9. The summed E-state index contributed by atoms with van der Waals surface area (Å²) in [4.78, 5) is 17.2. The molecule has 31 heavy (non-hydrogen) atoms. The molecule has 1 fully saturated rings. The van der Waals surface area contributed by atoms with E-state index in [1.807, 2.05) is 78.3 Å². The van der Waals surface area contributed by atoms with Crippen molar-refractivity contribution in [3.8, 4) is 27.8 Å². The number of carbonyl (C=O) groups is 1. The molecule has 4 rings (SSSR count). The van der Waals surface area contributed by atoms with Gasteiger partial charge >= 0.3 is 5.97 Å². The molecule has 2 heterocycles. The van der Waals surface area contributed by atoms with Gasteiger partial charge in [-0.05, 0) is 36.8 Å². The maximum atomic E-state index is 12.6. The van der Waals surface area contributed by atoms with Crippen molar-refractivity contribution in [2.75, 3.05) is 25.2 Å². The maximum absolute atomic E-state index is 12.6. The molecule has 3 aromatic rings. The van der Waals surface area contributed by atoms with Crippen molar-refractivity contribution in [1.82, 2.24) is 4.98 Å². The van der Waals surface area contributed by atoms with Gasteiger partial charge in [0.15, 0.2) is 11.5 Å². The van der Waals surface area contributed by atoms with Gasteiger partial charge in [-0.1, -0.05) is 18.2 Å². The van der Waals surface area contributed by atoms with E-state index in [1.165, 1.54) is 16.9 Å². The van der Waals surface area contributed by atoms with Gasteiger partial charge in [-0.3, -0.25) is 4.79 Å². The van der Waals surface area contributed by atoms with Crippen LogP contribution < -0.4 is 14.2 Å². The van der Waals surface area contributed by atoms with E-state index < -0.39 is 0 Å². The zero-order valence-corrected chi connectivity index (χ0v) is 19.8. The number of thiazole rings is 1. The monoisotopic (exact) mass is 473 g/mol. The van der Waals surface area contributed by atoms with E-state index in [4.69, 9.17) is 14.2 Å². The Hall–Kier alpha value is -2.16. The summed E-state index contributed by atoms with van der Waals surface area (Å²) in [7, 11) is 1.59. The van der Waals surface area contributed by atoms with Crippen molar-refractivity contribution < 1.29 is 19.0 Å². The predicted octanol–water partition coefficient (Wildman–Crippen LogP) is 5.84. The minimum absolute atomic E-state index is 0.0898. The molecule has 1 saturated heterocycles. The smallest absolute Gasteiger partial charge is 0.317 e. The van der Waals surface area contributed by atoms with Crippen molar-refractivity contribution >= 4 is 40.8 Å². The number of nitrogens with zero attached hydrogens (tertiary/aromatic N) is 1. The van der Waals surface area contributed by atoms with Gasteiger partial charge in [0, 0.05) is 16.9 Å². The Kier molecular flexibility index (Phi) is 7.42. The Morgan fingerprint density at radius 1 is 1.10 bits per heavy atom. The molecular weight excluding hydrogens is 450 g/mol. The molecule has 162 valence electrons. The molecule has 0 saturated carbocycles. The summed E-state index contributed by atoms with van der Waals surface area (Å²) in [6, 6.07) is 13.6. The Labute approximate surface area is 194 Å². The summed E-state index contributed by atoms with van der Waals surface area (Å²) in [6.07, 6.45) is 0.0898. The number of methoxy groups -OCH3 is 1. The fourth-order valence-electron chi connectivity index (χ4n) is 3.21. The largest absolute Gasteiger partial charge is 0.493 e. The van der Waals surface area contributed by atoms with E-state index in [0.29, 0.717) is 28.4 Å². The molecule has 0 radical (unpaired) electrons. The number of ether oxygens (including phenoxy) is 3. The number of thioether (sulfide) groups is 2. The second kappa shape index (κ2) is 10.4. The van der Waals surface area contributed by atoms with Gasteiger partial charge in [-0.15, -0.1) is 34.9 Å². The van der Waals surface area contributed by atoms with E-state index in [9.17, 15) is 4.79 Å². The van der Waals surface area contributed by atoms with Crippen molar-refractivity contribution in [2.45, 2.75) is 17.9 Å². The van der Waals surface area contributed by atoms with Crippen LogP contribution in [0.4, 0.5) is 0 Å². The second-order valence-electron chi connectivity index (χ2n) is 6.71. The number of carbonyl (C=O) groups excluding carboxylic acids is 1. The summed E-state index contributed by atoms with van der Waals surface area (Å²) in [5.41, 5.74) is 2.78. The highest BCUT2D eigenvalue weighted by Gasteiger charge is 2.21. The van der Waals surface area contributed by atoms with E-state index in [0.717, 1.165) is 27.8 Å². The summed E-state index contributed by atoms with van der Waals surface area (Å²) in [5.74, 6) is 3.73. The summed E-state index contributed by atoms with van der Waals surface area (Å²) < 4.78 is 17.2. The fraction of sp³-hybridized carbons (Fsp3) is 0.304. The maximum Gasteiger partial charge on any atom is 0.317 e. The molecule has 0 atom stereocenters. The third-order valence-corrected chi connectivity index (χ3v) is 8.63. The summed E-state index contributed by atoms with van der Waals surface area (Å²) >= 11 is 5.33. The van der Waals surface area contributed by atoms with Crippen molar-refractivity contribution in [3.63, 3.8) is 0 Å². The molecule has 5 nitrogen and oxygen atoms in total. The average Bonchev–Trinajstić information content (AvgIpc) is 3.47. The first-order chi connectivity index (χ1) is 15.2. The lowest BCUT2D eigenvalue weighted by atomic mass is 10.2. The number of rotatable bonds is 8. The Bertz CT molecular complexity index is 1050. The van der Waals surface area contributed by atoms with Crippen LogP contribution in [0.15, 0.2) is 47.8 Å². The summed E-state index contributed by atoms with van der Waals surface area (Å²) in [5, 5.41) is 2.70. The zero-order valence-electron chi connectivity index (χ0n) is 17.3. The molecule has 2 aromatic carbocycles. The normalized spacial score (nSPS) is 13.9. The third-order valence-electron chi connectivity index (χ3n) is 4.60. The van der Waals surface area contributed by atoms with E-state index >= 15 is 0 Å². The number of benzene rings is 2. The lowest BCUT2D eigenvalue weighted by molar-refractivity contribution is -0.133. The van der Waals surface area contributed by atoms with E-state index in [1.54, 1.807) is 7.11 Å². The third kappa shape index (κ3) is 5.37. The standard InChI is InChI=1S/C23H23NO4S3/c1-3-27-18-7-5-4-6-17(18)22-24-16(14-31-22)13-21(25)28-19-9-8-15(12-20(19)26-2)23-29-10-11-30-23/h4-9,12,14,23H,3,10-11,13H2,1-2H3. The Morgan fingerprint density at radius 3 is 2.68 bits per heavy atom. The van der Waals surface area contributed by atoms with Crippen molar-refractivity contribution in [2.24, 2.45) is 0 Å². The average molecular weight is 474 g/mol. The molecule has 1 aromatic heterocycles. The van der Waals surface area contributed by atoms with Gasteiger partial charge in [0.1, 0.15) is 10.8 Å². The predicted molar refractivity (Wildman–Crippen MR) is 129 cm³/mol. The van der Waals surface area contributed by atoms with Crippen LogP contribution in [0.3, 0.4) is 0 Å². The zero-order chi connectivity index (χ0) is 21.6. The van der Waals surface area contributed by atoms with Crippen LogP contribution >= 0.6 is 34.9 Å². The fourth-order valence-corrected chi connectivity index (χ4v) is 6.90. The topological polar surface area (TPSA) is 57.7 Å². The molecule has 1 aliphatic heterocycles. The molecule has 0 spiro atoms. The molecule has 1 aliphatic rings. The van der Waals surface area contributed by atoms with Crippen LogP contribution in [-0.4, -0.2) is 36.2 Å². The van der Waals surface area contributed by atoms with E-state index in [-0.39, 0.29) is 12.4 Å². The van der Waals surface area contributed by atoms with E-state index in [2.05, 4.69) is 4.98 Å². The molecule has 0 unspecified atom stereocenters. The molecular formula is C23H23NO4S3. The molecule has 0 aliphatic carbocycles. The van der Waals surface area contributed by atoms with Gasteiger partial charge in [0.2, 0.25) is 0 Å². The van der Waals surface area contributed by atoms with Gasteiger partial charge in [0.25, 0.3) is 0 Å². The van der Waals surface area contributed by atoms with Gasteiger partial charge in [-0.25, -0.2) is 4.98 Å². The van der Waals surface area contributed by atoms with Crippen LogP contribution in [0, 0.1) is 0 Å². The van der Waals surface area contributed by atoms with Crippen LogP contribution in [-0.2, 0) is 11.2 Å². The van der Waals surface area contributed by atoms with Crippen LogP contribution in [0.5, 0.6) is 17.2 Å². The first kappa shape index (κ1) is 22.0. The number of aromatic nitrogens is 1. The van der Waals surface area contributed by atoms with Gasteiger partial charge in [0.05, 0.1) is 36.0 Å². The Balaban J connectivity index is 1.44. The number of esters is 1. The number of para-hydroxylation sites is 1. The van der Waals surface area contributed by atoms with Crippen LogP contribution in [0.2, 0.25) is 0 Å². The van der Waals surface area contributed by atoms with Crippen LogP contribution in [0.1, 0.15) is 22.8 Å². The molecule has 8 heteroatoms. The van der Waals surface area contributed by atoms with Crippen molar-refractivity contribution in [3.05, 3.63) is 59.1 Å².